The first-order valence-electron chi connectivity index (χ1n) is 9.16. The summed E-state index contributed by atoms with van der Waals surface area (Å²) in [5.74, 6) is 0.528. The van der Waals surface area contributed by atoms with Crippen LogP contribution in [0.3, 0.4) is 0 Å². The predicted octanol–water partition coefficient (Wildman–Crippen LogP) is 5.01. The number of aryl methyl sites for hydroxylation is 1. The van der Waals surface area contributed by atoms with Crippen LogP contribution in [-0.4, -0.2) is 24.1 Å². The molecule has 1 aliphatic rings. The van der Waals surface area contributed by atoms with Crippen molar-refractivity contribution in [3.63, 3.8) is 0 Å². The van der Waals surface area contributed by atoms with Gasteiger partial charge in [0.15, 0.2) is 5.11 Å². The summed E-state index contributed by atoms with van der Waals surface area (Å²) >= 11 is 11.3. The minimum absolute atomic E-state index is 0.260. The molecule has 1 fully saturated rings. The smallest absolute Gasteiger partial charge is 0.257 e. The molecule has 0 atom stereocenters. The van der Waals surface area contributed by atoms with E-state index < -0.39 is 0 Å². The second-order valence-electron chi connectivity index (χ2n) is 7.09. The van der Waals surface area contributed by atoms with Crippen molar-refractivity contribution in [1.82, 2.24) is 5.32 Å². The van der Waals surface area contributed by atoms with E-state index in [9.17, 15) is 4.79 Å². The van der Waals surface area contributed by atoms with Crippen LogP contribution in [0, 0.1) is 12.8 Å². The van der Waals surface area contributed by atoms with E-state index in [-0.39, 0.29) is 11.0 Å². The molecule has 142 valence electrons. The summed E-state index contributed by atoms with van der Waals surface area (Å²) in [7, 11) is 0. The molecule has 2 aromatic carbocycles. The Hall–Kier alpha value is -2.11. The number of carbonyl (C=O) groups is 1. The molecular formula is C21H24ClN3OS. The van der Waals surface area contributed by atoms with Gasteiger partial charge in [-0.15, -0.1) is 0 Å². The Labute approximate surface area is 170 Å². The fourth-order valence-corrected chi connectivity index (χ4v) is 3.49. The summed E-state index contributed by atoms with van der Waals surface area (Å²) in [6.45, 7) is 6.40. The topological polar surface area (TPSA) is 44.4 Å². The van der Waals surface area contributed by atoms with Crippen molar-refractivity contribution in [3.05, 3.63) is 58.6 Å². The van der Waals surface area contributed by atoms with E-state index in [1.165, 1.54) is 18.5 Å². The number of thiocarbonyl (C=S) groups is 1. The molecule has 0 bridgehead atoms. The summed E-state index contributed by atoms with van der Waals surface area (Å²) in [4.78, 5) is 14.7. The molecule has 1 amide bonds. The van der Waals surface area contributed by atoms with Gasteiger partial charge in [-0.05, 0) is 79.9 Å². The molecule has 0 aliphatic carbocycles. The van der Waals surface area contributed by atoms with Crippen LogP contribution < -0.4 is 15.5 Å². The van der Waals surface area contributed by atoms with Gasteiger partial charge in [0.25, 0.3) is 5.91 Å². The second-order valence-corrected chi connectivity index (χ2v) is 7.90. The molecule has 4 nitrogen and oxygen atoms in total. The van der Waals surface area contributed by atoms with Gasteiger partial charge in [-0.2, -0.15) is 0 Å². The van der Waals surface area contributed by atoms with Crippen LogP contribution in [0.15, 0.2) is 42.5 Å². The molecule has 0 unspecified atom stereocenters. The van der Waals surface area contributed by atoms with Crippen LogP contribution >= 0.6 is 23.8 Å². The third-order valence-corrected chi connectivity index (χ3v) is 5.55. The van der Waals surface area contributed by atoms with Crippen LogP contribution in [0.25, 0.3) is 0 Å². The SMILES string of the molecule is Cc1ccc(C(=O)NC(=S)Nc2ccc(N3CCC(C)CC3)cc2)cc1Cl. The lowest BCUT2D eigenvalue weighted by Gasteiger charge is -2.32. The molecule has 0 aromatic heterocycles. The standard InChI is InChI=1S/C21H24ClN3OS/c1-14-9-11-25(12-10-14)18-7-5-17(6-8-18)23-21(27)24-20(26)16-4-3-15(2)19(22)13-16/h3-8,13-14H,9-12H2,1-2H3,(H2,23,24,26,27). The maximum atomic E-state index is 12.3. The van der Waals surface area contributed by atoms with Crippen LogP contribution in [-0.2, 0) is 0 Å². The zero-order valence-corrected chi connectivity index (χ0v) is 17.2. The molecule has 0 radical (unpaired) electrons. The maximum absolute atomic E-state index is 12.3. The minimum atomic E-state index is -0.284. The first kappa shape index (κ1) is 19.6. The number of carbonyl (C=O) groups excluding carboxylic acids is 1. The molecule has 1 heterocycles. The van der Waals surface area contributed by atoms with E-state index in [0.29, 0.717) is 10.6 Å². The largest absolute Gasteiger partial charge is 0.372 e. The number of hydrogen-bond acceptors (Lipinski definition) is 3. The normalized spacial score (nSPS) is 14.7. The Bertz CT molecular complexity index is 830. The minimum Gasteiger partial charge on any atom is -0.372 e. The summed E-state index contributed by atoms with van der Waals surface area (Å²) in [6.07, 6.45) is 2.47. The van der Waals surface area contributed by atoms with Gasteiger partial charge in [0.1, 0.15) is 0 Å². The number of piperidine rings is 1. The number of hydrogen-bond donors (Lipinski definition) is 2. The Morgan fingerprint density at radius 3 is 2.44 bits per heavy atom. The van der Waals surface area contributed by atoms with Crippen molar-refractivity contribution in [1.29, 1.82) is 0 Å². The first-order chi connectivity index (χ1) is 12.9. The van der Waals surface area contributed by atoms with Crippen molar-refractivity contribution in [2.24, 2.45) is 5.92 Å². The Kier molecular flexibility index (Phi) is 6.34. The number of benzene rings is 2. The van der Waals surface area contributed by atoms with E-state index in [2.05, 4.69) is 34.6 Å². The first-order valence-corrected chi connectivity index (χ1v) is 9.94. The van der Waals surface area contributed by atoms with Gasteiger partial charge in [0, 0.05) is 35.1 Å². The molecular weight excluding hydrogens is 378 g/mol. The van der Waals surface area contributed by atoms with Gasteiger partial charge < -0.3 is 10.2 Å². The van der Waals surface area contributed by atoms with Gasteiger partial charge in [-0.25, -0.2) is 0 Å². The number of anilines is 2. The third-order valence-electron chi connectivity index (χ3n) is 4.94. The lowest BCUT2D eigenvalue weighted by atomic mass is 9.99. The summed E-state index contributed by atoms with van der Waals surface area (Å²) in [5, 5.41) is 6.56. The molecule has 1 aliphatic heterocycles. The van der Waals surface area contributed by atoms with Crippen molar-refractivity contribution in [3.8, 4) is 0 Å². The monoisotopic (exact) mass is 401 g/mol. The number of rotatable bonds is 3. The molecule has 6 heteroatoms. The van der Waals surface area contributed by atoms with Gasteiger partial charge in [-0.1, -0.05) is 24.6 Å². The van der Waals surface area contributed by atoms with Crippen LogP contribution in [0.2, 0.25) is 5.02 Å². The van der Waals surface area contributed by atoms with Crippen LogP contribution in [0.1, 0.15) is 35.7 Å². The van der Waals surface area contributed by atoms with Gasteiger partial charge in [0.2, 0.25) is 0 Å². The number of nitrogens with zero attached hydrogens (tertiary/aromatic N) is 1. The molecule has 1 saturated heterocycles. The Morgan fingerprint density at radius 1 is 1.15 bits per heavy atom. The summed E-state index contributed by atoms with van der Waals surface area (Å²) in [6, 6.07) is 13.3. The molecule has 2 N–H and O–H groups in total. The van der Waals surface area contributed by atoms with Crippen LogP contribution in [0.5, 0.6) is 0 Å². The lowest BCUT2D eigenvalue weighted by molar-refractivity contribution is 0.0977. The highest BCUT2D eigenvalue weighted by molar-refractivity contribution is 7.80. The van der Waals surface area contributed by atoms with Crippen molar-refractivity contribution in [2.75, 3.05) is 23.3 Å². The van der Waals surface area contributed by atoms with Crippen LogP contribution in [0.4, 0.5) is 11.4 Å². The third kappa shape index (κ3) is 5.21. The second kappa shape index (κ2) is 8.72. The van der Waals surface area contributed by atoms with Crippen molar-refractivity contribution in [2.45, 2.75) is 26.7 Å². The van der Waals surface area contributed by atoms with Crippen molar-refractivity contribution < 1.29 is 4.79 Å². The molecule has 0 saturated carbocycles. The molecule has 27 heavy (non-hydrogen) atoms. The van der Waals surface area contributed by atoms with E-state index in [1.54, 1.807) is 12.1 Å². The summed E-state index contributed by atoms with van der Waals surface area (Å²) in [5.41, 5.74) is 3.47. The fourth-order valence-electron chi connectivity index (χ4n) is 3.09. The summed E-state index contributed by atoms with van der Waals surface area (Å²) < 4.78 is 0. The lowest BCUT2D eigenvalue weighted by Crippen LogP contribution is -2.34. The predicted molar refractivity (Wildman–Crippen MR) is 117 cm³/mol. The Balaban J connectivity index is 1.56. The molecule has 3 rings (SSSR count). The van der Waals surface area contributed by atoms with E-state index in [1.807, 2.05) is 25.1 Å². The zero-order chi connectivity index (χ0) is 19.4. The van der Waals surface area contributed by atoms with E-state index in [0.717, 1.165) is 30.3 Å². The quantitative estimate of drug-likeness (QED) is 0.709. The molecule has 0 spiro atoms. The number of nitrogens with one attached hydrogen (secondary N) is 2. The highest BCUT2D eigenvalue weighted by Gasteiger charge is 2.16. The number of halogens is 1. The fraction of sp³-hybridized carbons (Fsp3) is 0.333. The van der Waals surface area contributed by atoms with Gasteiger partial charge in [0.05, 0.1) is 0 Å². The van der Waals surface area contributed by atoms with Gasteiger partial charge >= 0.3 is 0 Å². The zero-order valence-electron chi connectivity index (χ0n) is 15.6. The average Bonchev–Trinajstić information content (AvgIpc) is 2.65. The highest BCUT2D eigenvalue weighted by Crippen LogP contribution is 2.24. The van der Waals surface area contributed by atoms with Crippen molar-refractivity contribution >= 4 is 46.2 Å². The van der Waals surface area contributed by atoms with E-state index >= 15 is 0 Å². The van der Waals surface area contributed by atoms with E-state index in [4.69, 9.17) is 23.8 Å². The number of amides is 1. The molecule has 2 aromatic rings. The van der Waals surface area contributed by atoms with Gasteiger partial charge in [-0.3, -0.25) is 10.1 Å². The Morgan fingerprint density at radius 2 is 1.81 bits per heavy atom. The average molecular weight is 402 g/mol. The highest BCUT2D eigenvalue weighted by atomic mass is 35.5. The maximum Gasteiger partial charge on any atom is 0.257 e.